The van der Waals surface area contributed by atoms with Crippen LogP contribution in [0.3, 0.4) is 0 Å². The second-order valence-corrected chi connectivity index (χ2v) is 4.29. The van der Waals surface area contributed by atoms with Gasteiger partial charge in [-0.15, -0.1) is 0 Å². The third kappa shape index (κ3) is 5.17. The molecule has 1 heterocycles. The fourth-order valence-electron chi connectivity index (χ4n) is 0.993. The fraction of sp³-hybridized carbons (Fsp3) is 1.00. The highest BCUT2D eigenvalue weighted by Gasteiger charge is 2.12. The van der Waals surface area contributed by atoms with Crippen LogP contribution in [0.25, 0.3) is 0 Å². The van der Waals surface area contributed by atoms with Crippen molar-refractivity contribution in [2.45, 2.75) is 0 Å². The predicted octanol–water partition coefficient (Wildman–Crippen LogP) is -1.27. The summed E-state index contributed by atoms with van der Waals surface area (Å²) in [5, 5.41) is 1.76. The molecule has 0 atom stereocenters. The third-order valence-corrected chi connectivity index (χ3v) is 2.34. The van der Waals surface area contributed by atoms with E-state index in [9.17, 15) is 8.42 Å². The fourth-order valence-corrected chi connectivity index (χ4v) is 1.31. The summed E-state index contributed by atoms with van der Waals surface area (Å²) in [6, 6.07) is 0. The molecule has 1 saturated heterocycles. The molecule has 6 nitrogen and oxygen atoms in total. The van der Waals surface area contributed by atoms with Gasteiger partial charge in [0.05, 0.1) is 19.0 Å². The Labute approximate surface area is 77.6 Å². The molecule has 0 aromatic carbocycles. The summed E-state index contributed by atoms with van der Waals surface area (Å²) in [4.78, 5) is 0. The van der Waals surface area contributed by atoms with E-state index < -0.39 is 10.1 Å². The molecule has 1 N–H and O–H groups in total. The Morgan fingerprint density at radius 2 is 2.00 bits per heavy atom. The summed E-state index contributed by atoms with van der Waals surface area (Å²) in [5.74, 6) is -0.315. The first-order valence-corrected chi connectivity index (χ1v) is 5.64. The van der Waals surface area contributed by atoms with Crippen molar-refractivity contribution in [1.82, 2.24) is 10.4 Å². The molecule has 0 aromatic rings. The summed E-state index contributed by atoms with van der Waals surface area (Å²) in [7, 11) is -3.88. The van der Waals surface area contributed by atoms with E-state index in [0.29, 0.717) is 26.3 Å². The van der Waals surface area contributed by atoms with E-state index in [0.717, 1.165) is 0 Å². The average Bonchev–Trinajstić information content (AvgIpc) is 2.04. The maximum Gasteiger partial charge on any atom is 0.266 e. The minimum atomic E-state index is -3.88. The predicted molar refractivity (Wildman–Crippen MR) is 45.8 cm³/mol. The molecule has 0 aliphatic carbocycles. The average molecular weight is 209 g/mol. The van der Waals surface area contributed by atoms with Crippen LogP contribution in [0.5, 0.6) is 0 Å². The zero-order chi connectivity index (χ0) is 9.73. The van der Waals surface area contributed by atoms with Crippen molar-refractivity contribution < 1.29 is 17.7 Å². The Bertz CT molecular complexity index is 235. The van der Waals surface area contributed by atoms with E-state index in [-0.39, 0.29) is 12.3 Å². The van der Waals surface area contributed by atoms with E-state index in [4.69, 9.17) is 9.29 Å². The molecule has 0 unspecified atom stereocenters. The quantitative estimate of drug-likeness (QED) is 0.584. The standard InChI is InChI=1S/C6H13N2O4S/c9-13(10,11)6-1-7-8-2-4-12-5-3-8/h1-6H2,(H,9,10,11). The highest BCUT2D eigenvalue weighted by atomic mass is 32.2. The molecule has 0 spiro atoms. The number of ether oxygens (including phenoxy) is 1. The zero-order valence-corrected chi connectivity index (χ0v) is 8.03. The van der Waals surface area contributed by atoms with Gasteiger partial charge in [0.15, 0.2) is 0 Å². The van der Waals surface area contributed by atoms with Crippen LogP contribution in [0, 0.1) is 0 Å². The van der Waals surface area contributed by atoms with Crippen LogP contribution in [-0.4, -0.2) is 56.6 Å². The van der Waals surface area contributed by atoms with Crippen LogP contribution >= 0.6 is 0 Å². The van der Waals surface area contributed by atoms with E-state index >= 15 is 0 Å². The molecular formula is C6H13N2O4S. The van der Waals surface area contributed by atoms with Crippen molar-refractivity contribution in [2.24, 2.45) is 0 Å². The van der Waals surface area contributed by atoms with Crippen LogP contribution < -0.4 is 5.43 Å². The van der Waals surface area contributed by atoms with Gasteiger partial charge in [-0.3, -0.25) is 4.55 Å². The van der Waals surface area contributed by atoms with Gasteiger partial charge in [0, 0.05) is 19.6 Å². The topological polar surface area (TPSA) is 80.9 Å². The van der Waals surface area contributed by atoms with Gasteiger partial charge in [0.1, 0.15) is 0 Å². The summed E-state index contributed by atoms with van der Waals surface area (Å²) in [6.45, 7) is 2.72. The van der Waals surface area contributed by atoms with Gasteiger partial charge in [-0.25, -0.2) is 5.01 Å². The molecule has 0 saturated carbocycles. The number of morpholine rings is 1. The Kier molecular flexibility index (Phi) is 4.07. The lowest BCUT2D eigenvalue weighted by molar-refractivity contribution is 0.0106. The first kappa shape index (κ1) is 10.9. The Hall–Kier alpha value is -0.210. The first-order chi connectivity index (χ1) is 6.08. The van der Waals surface area contributed by atoms with Crippen molar-refractivity contribution in [1.29, 1.82) is 0 Å². The van der Waals surface area contributed by atoms with Gasteiger partial charge in [0.2, 0.25) is 0 Å². The molecule has 0 aromatic heterocycles. The van der Waals surface area contributed by atoms with Gasteiger partial charge < -0.3 is 4.74 Å². The van der Waals surface area contributed by atoms with Crippen LogP contribution in [0.2, 0.25) is 0 Å². The third-order valence-electron chi connectivity index (χ3n) is 1.64. The highest BCUT2D eigenvalue weighted by molar-refractivity contribution is 7.85. The van der Waals surface area contributed by atoms with Crippen LogP contribution in [0.1, 0.15) is 0 Å². The minimum Gasteiger partial charge on any atom is -0.379 e. The number of hydrogen-bond donors (Lipinski definition) is 1. The van der Waals surface area contributed by atoms with Crippen molar-refractivity contribution >= 4 is 10.1 Å². The lowest BCUT2D eigenvalue weighted by atomic mass is 10.5. The smallest absolute Gasteiger partial charge is 0.266 e. The Morgan fingerprint density at radius 3 is 2.54 bits per heavy atom. The Balaban J connectivity index is 2.11. The van der Waals surface area contributed by atoms with Crippen molar-refractivity contribution in [3.05, 3.63) is 0 Å². The van der Waals surface area contributed by atoms with E-state index in [1.54, 1.807) is 5.01 Å². The normalized spacial score (nSPS) is 20.4. The van der Waals surface area contributed by atoms with Gasteiger partial charge in [0.25, 0.3) is 10.1 Å². The van der Waals surface area contributed by atoms with Crippen LogP contribution in [0.15, 0.2) is 0 Å². The van der Waals surface area contributed by atoms with Crippen LogP contribution in [-0.2, 0) is 14.9 Å². The molecule has 1 aliphatic rings. The SMILES string of the molecule is O=S(=O)(O)CC[N]N1CCOCC1. The molecule has 1 radical (unpaired) electrons. The number of rotatable bonds is 4. The molecule has 1 aliphatic heterocycles. The summed E-state index contributed by atoms with van der Waals surface area (Å²) >= 11 is 0. The number of nitrogens with zero attached hydrogens (tertiary/aromatic N) is 2. The highest BCUT2D eigenvalue weighted by Crippen LogP contribution is 1.93. The largest absolute Gasteiger partial charge is 0.379 e. The summed E-state index contributed by atoms with van der Waals surface area (Å²) in [6.07, 6.45) is 0. The second-order valence-electron chi connectivity index (χ2n) is 2.72. The van der Waals surface area contributed by atoms with Gasteiger partial charge in [-0.1, -0.05) is 0 Å². The van der Waals surface area contributed by atoms with E-state index in [2.05, 4.69) is 5.43 Å². The van der Waals surface area contributed by atoms with Gasteiger partial charge in [-0.05, 0) is 0 Å². The number of hydrogen-bond acceptors (Lipinski definition) is 4. The van der Waals surface area contributed by atoms with Crippen LogP contribution in [0.4, 0.5) is 0 Å². The van der Waals surface area contributed by atoms with Gasteiger partial charge >= 0.3 is 0 Å². The molecule has 0 bridgehead atoms. The maximum absolute atomic E-state index is 10.3. The molecule has 77 valence electrons. The van der Waals surface area contributed by atoms with Gasteiger partial charge in [-0.2, -0.15) is 13.8 Å². The van der Waals surface area contributed by atoms with Crippen molar-refractivity contribution in [3.63, 3.8) is 0 Å². The van der Waals surface area contributed by atoms with E-state index in [1.807, 2.05) is 0 Å². The van der Waals surface area contributed by atoms with E-state index in [1.165, 1.54) is 0 Å². The lowest BCUT2D eigenvalue weighted by Gasteiger charge is -2.24. The Morgan fingerprint density at radius 1 is 1.38 bits per heavy atom. The zero-order valence-electron chi connectivity index (χ0n) is 7.22. The minimum absolute atomic E-state index is 0.110. The van der Waals surface area contributed by atoms with Crippen molar-refractivity contribution in [2.75, 3.05) is 38.6 Å². The monoisotopic (exact) mass is 209 g/mol. The lowest BCUT2D eigenvalue weighted by Crippen LogP contribution is -2.42. The van der Waals surface area contributed by atoms with Crippen molar-refractivity contribution in [3.8, 4) is 0 Å². The maximum atomic E-state index is 10.3. The molecular weight excluding hydrogens is 196 g/mol. The molecule has 1 rings (SSSR count). The molecule has 1 fully saturated rings. The molecule has 0 amide bonds. The first-order valence-electron chi connectivity index (χ1n) is 4.03. The second kappa shape index (κ2) is 4.87. The molecule has 13 heavy (non-hydrogen) atoms. The molecule has 7 heteroatoms. The summed E-state index contributed by atoms with van der Waals surface area (Å²) in [5.41, 5.74) is 3.98. The summed E-state index contributed by atoms with van der Waals surface area (Å²) < 4.78 is 34.1.